The molecule has 174 valence electrons. The number of amides is 1. The van der Waals surface area contributed by atoms with Gasteiger partial charge in [-0.2, -0.15) is 0 Å². The van der Waals surface area contributed by atoms with Crippen molar-refractivity contribution in [2.24, 2.45) is 0 Å². The van der Waals surface area contributed by atoms with Crippen LogP contribution < -0.4 is 10.1 Å². The summed E-state index contributed by atoms with van der Waals surface area (Å²) in [5.41, 5.74) is 3.91. The van der Waals surface area contributed by atoms with Gasteiger partial charge in [0.05, 0.1) is 16.5 Å². The van der Waals surface area contributed by atoms with Gasteiger partial charge in [0.25, 0.3) is 0 Å². The fourth-order valence-electron chi connectivity index (χ4n) is 3.41. The number of nitrogens with zero attached hydrogens (tertiary/aromatic N) is 3. The molecule has 33 heavy (non-hydrogen) atoms. The van der Waals surface area contributed by atoms with E-state index in [1.165, 1.54) is 17.3 Å². The molecule has 6 nitrogen and oxygen atoms in total. The van der Waals surface area contributed by atoms with Crippen LogP contribution in [0.2, 0.25) is 5.02 Å². The molecule has 0 saturated heterocycles. The Morgan fingerprint density at radius 2 is 2.00 bits per heavy atom. The largest absolute Gasteiger partial charge is 0.486 e. The number of allylic oxidation sites excluding steroid dienone is 1. The van der Waals surface area contributed by atoms with Crippen molar-refractivity contribution in [3.63, 3.8) is 0 Å². The average Bonchev–Trinajstić information content (AvgIpc) is 3.16. The molecule has 0 aliphatic heterocycles. The number of carbonyl (C=O) groups excluding carboxylic acids is 1. The number of aryl methyl sites for hydroxylation is 3. The molecule has 0 radical (unpaired) electrons. The fraction of sp³-hybridized carbons (Fsp3) is 0.320. The Balaban J connectivity index is 1.62. The van der Waals surface area contributed by atoms with Crippen LogP contribution in [0.3, 0.4) is 0 Å². The third-order valence-corrected chi connectivity index (χ3v) is 6.23. The molecular formula is C25H29ClN4O2S. The van der Waals surface area contributed by atoms with Crippen LogP contribution in [0.25, 0.3) is 0 Å². The van der Waals surface area contributed by atoms with Gasteiger partial charge >= 0.3 is 0 Å². The van der Waals surface area contributed by atoms with Gasteiger partial charge in [0.15, 0.2) is 11.0 Å². The third-order valence-electron chi connectivity index (χ3n) is 4.96. The second-order valence-electron chi connectivity index (χ2n) is 7.76. The Morgan fingerprint density at radius 1 is 1.24 bits per heavy atom. The molecule has 1 aromatic heterocycles. The van der Waals surface area contributed by atoms with Crippen LogP contribution in [0, 0.1) is 13.8 Å². The second kappa shape index (κ2) is 11.9. The zero-order valence-electron chi connectivity index (χ0n) is 19.2. The van der Waals surface area contributed by atoms with Crippen molar-refractivity contribution >= 4 is 35.0 Å². The highest BCUT2D eigenvalue weighted by Crippen LogP contribution is 2.28. The summed E-state index contributed by atoms with van der Waals surface area (Å²) in [4.78, 5) is 12.5. The number of hydrogen-bond donors (Lipinski definition) is 1. The first kappa shape index (κ1) is 24.9. The second-order valence-corrected chi connectivity index (χ2v) is 9.11. The number of aromatic nitrogens is 3. The number of ether oxygens (including phenoxy) is 1. The summed E-state index contributed by atoms with van der Waals surface area (Å²) < 4.78 is 7.81. The van der Waals surface area contributed by atoms with Crippen LogP contribution in [-0.2, 0) is 24.4 Å². The Bertz CT molecular complexity index is 1090. The summed E-state index contributed by atoms with van der Waals surface area (Å²) in [6.45, 7) is 10.7. The molecule has 0 aliphatic carbocycles. The average molecular weight is 485 g/mol. The van der Waals surface area contributed by atoms with Crippen molar-refractivity contribution in [3.05, 3.63) is 76.6 Å². The summed E-state index contributed by atoms with van der Waals surface area (Å²) in [5.74, 6) is 1.47. The zero-order valence-corrected chi connectivity index (χ0v) is 20.8. The van der Waals surface area contributed by atoms with Crippen molar-refractivity contribution in [2.75, 3.05) is 11.1 Å². The van der Waals surface area contributed by atoms with E-state index in [0.717, 1.165) is 29.7 Å². The van der Waals surface area contributed by atoms with Crippen molar-refractivity contribution in [1.82, 2.24) is 14.8 Å². The van der Waals surface area contributed by atoms with Gasteiger partial charge in [-0.05, 0) is 55.2 Å². The van der Waals surface area contributed by atoms with E-state index in [-0.39, 0.29) is 18.3 Å². The Hall–Kier alpha value is -2.77. The van der Waals surface area contributed by atoms with Crippen molar-refractivity contribution in [3.8, 4) is 5.75 Å². The van der Waals surface area contributed by atoms with Crippen LogP contribution in [0.15, 0.2) is 54.2 Å². The number of halogens is 1. The van der Waals surface area contributed by atoms with E-state index in [1.54, 1.807) is 6.08 Å². The van der Waals surface area contributed by atoms with E-state index >= 15 is 0 Å². The van der Waals surface area contributed by atoms with Gasteiger partial charge in [-0.1, -0.05) is 61.0 Å². The molecular weight excluding hydrogens is 456 g/mol. The van der Waals surface area contributed by atoms with E-state index in [4.69, 9.17) is 16.3 Å². The van der Waals surface area contributed by atoms with Gasteiger partial charge in [0.2, 0.25) is 5.91 Å². The van der Waals surface area contributed by atoms with Crippen LogP contribution in [0.4, 0.5) is 5.69 Å². The van der Waals surface area contributed by atoms with Gasteiger partial charge in [0.1, 0.15) is 12.4 Å². The maximum absolute atomic E-state index is 12.5. The molecule has 0 atom stereocenters. The van der Waals surface area contributed by atoms with E-state index in [9.17, 15) is 4.79 Å². The smallest absolute Gasteiger partial charge is 0.234 e. The number of benzene rings is 2. The van der Waals surface area contributed by atoms with Crippen LogP contribution >= 0.6 is 23.4 Å². The summed E-state index contributed by atoms with van der Waals surface area (Å²) in [7, 11) is 0. The highest BCUT2D eigenvalue weighted by atomic mass is 35.5. The van der Waals surface area contributed by atoms with Gasteiger partial charge in [-0.3, -0.25) is 9.36 Å². The molecule has 0 unspecified atom stereocenters. The first-order valence-corrected chi connectivity index (χ1v) is 12.2. The number of nitrogens with one attached hydrogen (secondary N) is 1. The van der Waals surface area contributed by atoms with Crippen LogP contribution in [0.1, 0.15) is 35.9 Å². The number of thioether (sulfide) groups is 1. The van der Waals surface area contributed by atoms with E-state index < -0.39 is 0 Å². The van der Waals surface area contributed by atoms with Gasteiger partial charge < -0.3 is 10.1 Å². The first-order chi connectivity index (χ1) is 15.9. The molecule has 0 saturated carbocycles. The molecule has 1 N–H and O–H groups in total. The quantitative estimate of drug-likeness (QED) is 0.267. The molecule has 0 fully saturated rings. The topological polar surface area (TPSA) is 69.0 Å². The summed E-state index contributed by atoms with van der Waals surface area (Å²) >= 11 is 7.61. The third kappa shape index (κ3) is 6.85. The Kier molecular flexibility index (Phi) is 8.97. The number of hydrogen-bond acceptors (Lipinski definition) is 5. The first-order valence-electron chi connectivity index (χ1n) is 10.8. The van der Waals surface area contributed by atoms with E-state index in [0.29, 0.717) is 28.2 Å². The van der Waals surface area contributed by atoms with E-state index in [1.807, 2.05) is 42.7 Å². The summed E-state index contributed by atoms with van der Waals surface area (Å²) in [5, 5.41) is 12.6. The summed E-state index contributed by atoms with van der Waals surface area (Å²) in [6.07, 6.45) is 3.94. The maximum atomic E-state index is 12.5. The molecule has 0 aliphatic rings. The van der Waals surface area contributed by atoms with Crippen molar-refractivity contribution in [2.45, 2.75) is 51.9 Å². The van der Waals surface area contributed by atoms with Crippen LogP contribution in [-0.4, -0.2) is 26.4 Å². The molecule has 3 aromatic rings. The van der Waals surface area contributed by atoms with Crippen LogP contribution in [0.5, 0.6) is 5.75 Å². The lowest BCUT2D eigenvalue weighted by molar-refractivity contribution is -0.113. The number of rotatable bonds is 11. The van der Waals surface area contributed by atoms with Gasteiger partial charge in [0, 0.05) is 6.54 Å². The van der Waals surface area contributed by atoms with Crippen molar-refractivity contribution < 1.29 is 9.53 Å². The minimum Gasteiger partial charge on any atom is -0.486 e. The van der Waals surface area contributed by atoms with Gasteiger partial charge in [-0.15, -0.1) is 16.8 Å². The van der Waals surface area contributed by atoms with Crippen molar-refractivity contribution in [1.29, 1.82) is 0 Å². The Labute approximate surface area is 204 Å². The molecule has 1 amide bonds. The molecule has 3 rings (SSSR count). The predicted octanol–water partition coefficient (Wildman–Crippen LogP) is 6.00. The monoisotopic (exact) mass is 484 g/mol. The number of anilines is 1. The lowest BCUT2D eigenvalue weighted by atomic mass is 10.1. The predicted molar refractivity (Wildman–Crippen MR) is 135 cm³/mol. The normalized spacial score (nSPS) is 10.8. The minimum atomic E-state index is -0.160. The maximum Gasteiger partial charge on any atom is 0.234 e. The molecule has 8 heteroatoms. The standard InChI is InChI=1S/C25H29ClN4O2S/c1-5-7-19-8-10-20(11-9-19)32-15-22-28-29-25(30(22)12-6-2)33-16-23(31)27-24-18(4)13-17(3)14-21(24)26/h6,8-11,13-14H,2,5,7,12,15-16H2,1,3-4H3,(H,27,31). The SMILES string of the molecule is C=CCn1c(COc2ccc(CCC)cc2)nnc1SCC(=O)Nc1c(C)cc(C)cc1Cl. The zero-order chi connectivity index (χ0) is 23.8. The highest BCUT2D eigenvalue weighted by Gasteiger charge is 2.15. The highest BCUT2D eigenvalue weighted by molar-refractivity contribution is 7.99. The Morgan fingerprint density at radius 3 is 2.67 bits per heavy atom. The lowest BCUT2D eigenvalue weighted by Crippen LogP contribution is -2.16. The summed E-state index contributed by atoms with van der Waals surface area (Å²) in [6, 6.07) is 11.9. The minimum absolute atomic E-state index is 0.160. The molecule has 0 bridgehead atoms. The van der Waals surface area contributed by atoms with E-state index in [2.05, 4.69) is 41.1 Å². The number of carbonyl (C=O) groups is 1. The molecule has 1 heterocycles. The van der Waals surface area contributed by atoms with Gasteiger partial charge in [-0.25, -0.2) is 0 Å². The fourth-order valence-corrected chi connectivity index (χ4v) is 4.55. The lowest BCUT2D eigenvalue weighted by Gasteiger charge is -2.12. The molecule has 2 aromatic carbocycles. The molecule has 0 spiro atoms.